The normalized spacial score (nSPS) is 11.2. The van der Waals surface area contributed by atoms with Gasteiger partial charge < -0.3 is 5.11 Å². The first-order chi connectivity index (χ1) is 7.26. The quantitative estimate of drug-likeness (QED) is 0.842. The van der Waals surface area contributed by atoms with Crippen LogP contribution < -0.4 is 0 Å². The van der Waals surface area contributed by atoms with Crippen LogP contribution in [0.25, 0.3) is 0 Å². The molecule has 16 heavy (non-hydrogen) atoms. The van der Waals surface area contributed by atoms with Gasteiger partial charge in [0.15, 0.2) is 0 Å². The van der Waals surface area contributed by atoms with Crippen molar-refractivity contribution in [3.8, 4) is 0 Å². The number of alkyl halides is 2. The van der Waals surface area contributed by atoms with Crippen LogP contribution in [0.5, 0.6) is 0 Å². The van der Waals surface area contributed by atoms with Gasteiger partial charge in [-0.3, -0.25) is 4.79 Å². The van der Waals surface area contributed by atoms with Crippen LogP contribution in [-0.4, -0.2) is 17.1 Å². The molecule has 86 valence electrons. The molecule has 1 aromatic rings. The molecule has 0 aliphatic rings. The van der Waals surface area contributed by atoms with Crippen LogP contribution in [0.1, 0.15) is 15.9 Å². The van der Waals surface area contributed by atoms with E-state index in [0.717, 1.165) is 6.07 Å². The summed E-state index contributed by atoms with van der Waals surface area (Å²) in [5.41, 5.74) is -1.40. The number of benzene rings is 1. The molecular weight excluding hydrogens is 249 g/mol. The fraction of sp³-hybridized carbons (Fsp3) is 0.111. The van der Waals surface area contributed by atoms with Crippen molar-refractivity contribution in [2.24, 2.45) is 0 Å². The topological polar surface area (TPSA) is 54.4 Å². The van der Waals surface area contributed by atoms with Crippen molar-refractivity contribution in [1.82, 2.24) is 0 Å². The van der Waals surface area contributed by atoms with Gasteiger partial charge in [0.1, 0.15) is 0 Å². The molecule has 0 fully saturated rings. The van der Waals surface area contributed by atoms with E-state index < -0.39 is 34.1 Å². The van der Waals surface area contributed by atoms with E-state index in [0.29, 0.717) is 12.1 Å². The molecule has 0 aliphatic carbocycles. The monoisotopic (exact) mass is 252 g/mol. The third kappa shape index (κ3) is 2.16. The molecule has 1 rings (SSSR count). The van der Waals surface area contributed by atoms with Crippen LogP contribution >= 0.6 is 11.6 Å². The Morgan fingerprint density at radius 2 is 1.88 bits per heavy atom. The van der Waals surface area contributed by atoms with Crippen molar-refractivity contribution in [3.63, 3.8) is 0 Å². The molecule has 1 N–H and O–H groups in total. The molecule has 3 nitrogen and oxygen atoms in total. The van der Waals surface area contributed by atoms with E-state index in [4.69, 9.17) is 16.7 Å². The summed E-state index contributed by atoms with van der Waals surface area (Å²) >= 11 is 5.39. The summed E-state index contributed by atoms with van der Waals surface area (Å²) < 4.78 is 37.7. The zero-order chi connectivity index (χ0) is 12.5. The molecular formula is C9H4ClF3O3. The fourth-order valence-electron chi connectivity index (χ4n) is 0.997. The van der Waals surface area contributed by atoms with Gasteiger partial charge in [0.25, 0.3) is 0 Å². The van der Waals surface area contributed by atoms with Gasteiger partial charge in [0.05, 0.1) is 10.6 Å². The summed E-state index contributed by atoms with van der Waals surface area (Å²) in [6.45, 7) is 0. The molecule has 0 bridgehead atoms. The zero-order valence-corrected chi connectivity index (χ0v) is 8.26. The highest BCUT2D eigenvalue weighted by molar-refractivity contribution is 6.33. The number of carboxylic acid groups (broad SMARTS) is 1. The van der Waals surface area contributed by atoms with Crippen molar-refractivity contribution in [2.45, 2.75) is 5.92 Å². The Kier molecular flexibility index (Phi) is 3.23. The summed E-state index contributed by atoms with van der Waals surface area (Å²) in [5, 5.41) is 8.06. The lowest BCUT2D eigenvalue weighted by molar-refractivity contribution is -0.157. The zero-order valence-electron chi connectivity index (χ0n) is 7.51. The second-order valence-electron chi connectivity index (χ2n) is 2.85. The molecule has 0 spiro atoms. The summed E-state index contributed by atoms with van der Waals surface area (Å²) in [7, 11) is 0. The Labute approximate surface area is 92.4 Å². The number of hydrogen-bond donors (Lipinski definition) is 1. The number of rotatable bonds is 3. The van der Waals surface area contributed by atoms with E-state index in [1.54, 1.807) is 0 Å². The lowest BCUT2D eigenvalue weighted by Crippen LogP contribution is -2.22. The molecule has 0 aliphatic heterocycles. The minimum absolute atomic E-state index is 0.410. The first-order valence-corrected chi connectivity index (χ1v) is 4.25. The van der Waals surface area contributed by atoms with Crippen molar-refractivity contribution in [3.05, 3.63) is 34.3 Å². The molecule has 0 saturated heterocycles. The molecule has 0 heterocycles. The van der Waals surface area contributed by atoms with Gasteiger partial charge in [-0.2, -0.15) is 13.2 Å². The Balaban J connectivity index is 3.26. The number of halogens is 4. The van der Waals surface area contributed by atoms with E-state index in [1.807, 2.05) is 0 Å². The molecule has 0 atom stereocenters. The van der Waals surface area contributed by atoms with Crippen molar-refractivity contribution >= 4 is 23.6 Å². The molecule has 0 amide bonds. The Hall–Kier alpha value is -1.56. The number of hydrogen-bond acceptors (Lipinski definition) is 2. The van der Waals surface area contributed by atoms with Crippen LogP contribution in [0.4, 0.5) is 13.2 Å². The fourth-order valence-corrected chi connectivity index (χ4v) is 1.26. The van der Waals surface area contributed by atoms with Crippen molar-refractivity contribution < 1.29 is 27.9 Å². The van der Waals surface area contributed by atoms with Crippen LogP contribution in [-0.2, 0) is 10.7 Å². The summed E-state index contributed by atoms with van der Waals surface area (Å²) in [4.78, 5) is 20.5. The molecule has 0 aromatic heterocycles. The van der Waals surface area contributed by atoms with E-state index in [-0.39, 0.29) is 0 Å². The first-order valence-electron chi connectivity index (χ1n) is 3.88. The van der Waals surface area contributed by atoms with E-state index in [9.17, 15) is 22.8 Å². The highest BCUT2D eigenvalue weighted by Crippen LogP contribution is 2.32. The van der Waals surface area contributed by atoms with E-state index in [1.165, 1.54) is 0 Å². The maximum absolute atomic E-state index is 12.9. The average molecular weight is 253 g/mol. The Morgan fingerprint density at radius 3 is 2.25 bits per heavy atom. The molecule has 0 unspecified atom stereocenters. The summed E-state index contributed by atoms with van der Waals surface area (Å²) in [6, 6.07) is -0.877. The van der Waals surface area contributed by atoms with E-state index in [2.05, 4.69) is 0 Å². The second kappa shape index (κ2) is 4.13. The van der Waals surface area contributed by atoms with Crippen LogP contribution in [0, 0.1) is 0 Å². The molecule has 7 heteroatoms. The van der Waals surface area contributed by atoms with Gasteiger partial charge >= 0.3 is 17.9 Å². The number of carbonyl (C=O) groups excluding carboxylic acids is 1. The van der Waals surface area contributed by atoms with Crippen molar-refractivity contribution in [1.29, 1.82) is 0 Å². The largest absolute Gasteiger partial charge is 0.478 e. The highest BCUT2D eigenvalue weighted by Gasteiger charge is 2.41. The first kappa shape index (κ1) is 12.5. The van der Waals surface area contributed by atoms with Gasteiger partial charge in [0.2, 0.25) is 0 Å². The smallest absolute Gasteiger partial charge is 0.375 e. The number of carbonyl (C=O) groups is 2. The lowest BCUT2D eigenvalue weighted by atomic mass is 10.1. The summed E-state index contributed by atoms with van der Waals surface area (Å²) in [5.74, 6) is -5.73. The van der Waals surface area contributed by atoms with Crippen LogP contribution in [0.3, 0.4) is 0 Å². The van der Waals surface area contributed by atoms with Gasteiger partial charge in [0, 0.05) is 5.56 Å². The minimum atomic E-state index is -4.32. The third-order valence-corrected chi connectivity index (χ3v) is 2.12. The third-order valence-electron chi connectivity index (χ3n) is 1.81. The lowest BCUT2D eigenvalue weighted by Gasteiger charge is -2.11. The maximum atomic E-state index is 12.9. The second-order valence-corrected chi connectivity index (χ2v) is 3.26. The number of aromatic carboxylic acids is 1. The van der Waals surface area contributed by atoms with Crippen molar-refractivity contribution in [2.75, 3.05) is 0 Å². The summed E-state index contributed by atoms with van der Waals surface area (Å²) in [6.07, 6.45) is 0. The van der Waals surface area contributed by atoms with Gasteiger partial charge in [-0.25, -0.2) is 4.79 Å². The number of carboxylic acids is 1. The predicted molar refractivity (Wildman–Crippen MR) is 48.4 cm³/mol. The van der Waals surface area contributed by atoms with E-state index >= 15 is 0 Å². The highest BCUT2D eigenvalue weighted by atomic mass is 35.5. The van der Waals surface area contributed by atoms with Crippen LogP contribution in [0.15, 0.2) is 18.2 Å². The Morgan fingerprint density at radius 1 is 1.31 bits per heavy atom. The maximum Gasteiger partial charge on any atom is 0.375 e. The predicted octanol–water partition coefficient (Wildman–Crippen LogP) is 2.63. The van der Waals surface area contributed by atoms with Gasteiger partial charge in [-0.05, 0) is 12.1 Å². The average Bonchev–Trinajstić information content (AvgIpc) is 2.16. The van der Waals surface area contributed by atoms with Gasteiger partial charge in [-0.15, -0.1) is 0 Å². The SMILES string of the molecule is O=C(O)c1ccc(C(F)(F)C(=O)F)cc1Cl. The molecule has 1 aromatic carbocycles. The standard InChI is InChI=1S/C9H4ClF3O3/c10-6-3-4(9(12,13)8(11)16)1-2-5(6)7(14)15/h1-3H,(H,14,15). The minimum Gasteiger partial charge on any atom is -0.478 e. The van der Waals surface area contributed by atoms with Crippen LogP contribution in [0.2, 0.25) is 5.02 Å². The van der Waals surface area contributed by atoms with Gasteiger partial charge in [-0.1, -0.05) is 17.7 Å². The Bertz CT molecular complexity index is 459. The molecule has 0 radical (unpaired) electrons. The molecule has 0 saturated carbocycles.